The Bertz CT molecular complexity index is 1450. The van der Waals surface area contributed by atoms with Crippen LogP contribution in [0.25, 0.3) is 28.0 Å². The predicted molar refractivity (Wildman–Crippen MR) is 140 cm³/mol. The van der Waals surface area contributed by atoms with Gasteiger partial charge in [-0.15, -0.1) is 0 Å². The molecular weight excluding hydrogens is 496 g/mol. The zero-order valence-electron chi connectivity index (χ0n) is 20.8. The van der Waals surface area contributed by atoms with Crippen LogP contribution in [0.5, 0.6) is 0 Å². The molecule has 3 aromatic heterocycles. The average molecular weight is 526 g/mol. The maximum Gasteiger partial charge on any atom is 0.280 e. The minimum absolute atomic E-state index is 0.126. The van der Waals surface area contributed by atoms with Gasteiger partial charge in [-0.2, -0.15) is 5.10 Å². The Labute approximate surface area is 216 Å². The van der Waals surface area contributed by atoms with Gasteiger partial charge < -0.3 is 5.11 Å². The van der Waals surface area contributed by atoms with Crippen molar-refractivity contribution < 1.29 is 18.1 Å². The van der Waals surface area contributed by atoms with Gasteiger partial charge in [-0.25, -0.2) is 27.4 Å². The van der Waals surface area contributed by atoms with Gasteiger partial charge in [0.05, 0.1) is 51.0 Å². The van der Waals surface area contributed by atoms with Gasteiger partial charge in [-0.1, -0.05) is 24.3 Å². The first-order valence-corrected chi connectivity index (χ1v) is 13.3. The number of aliphatic hydroxyl groups excluding tert-OH is 1. The first kappa shape index (κ1) is 25.6. The van der Waals surface area contributed by atoms with E-state index in [9.17, 15) is 18.1 Å². The summed E-state index contributed by atoms with van der Waals surface area (Å²) in [6, 6.07) is 15.7. The Balaban J connectivity index is 1.51. The fourth-order valence-electron chi connectivity index (χ4n) is 4.42. The van der Waals surface area contributed by atoms with E-state index in [0.717, 1.165) is 22.3 Å². The molecule has 0 saturated heterocycles. The Kier molecular flexibility index (Phi) is 6.91. The van der Waals surface area contributed by atoms with Crippen LogP contribution in [0.15, 0.2) is 60.8 Å². The number of rotatable bonds is 7. The van der Waals surface area contributed by atoms with E-state index in [4.69, 9.17) is 4.98 Å². The zero-order chi connectivity index (χ0) is 26.3. The fraction of sp³-hybridized carbons (Fsp3) is 0.370. The molecule has 0 amide bonds. The summed E-state index contributed by atoms with van der Waals surface area (Å²) in [6.45, 7) is 5.74. The maximum absolute atomic E-state index is 13.2. The second kappa shape index (κ2) is 10.00. The van der Waals surface area contributed by atoms with Crippen LogP contribution >= 0.6 is 0 Å². The molecule has 1 aromatic carbocycles. The van der Waals surface area contributed by atoms with Crippen LogP contribution in [0.4, 0.5) is 8.78 Å². The Morgan fingerprint density at radius 2 is 1.78 bits per heavy atom. The van der Waals surface area contributed by atoms with Crippen molar-refractivity contribution in [2.45, 2.75) is 56.9 Å². The van der Waals surface area contributed by atoms with E-state index in [1.165, 1.54) is 12.1 Å². The minimum atomic E-state index is -2.67. The van der Waals surface area contributed by atoms with Gasteiger partial charge in [0, 0.05) is 10.9 Å². The van der Waals surface area contributed by atoms with Gasteiger partial charge >= 0.3 is 0 Å². The molecule has 0 unspecified atom stereocenters. The molecule has 4 aromatic rings. The van der Waals surface area contributed by atoms with E-state index in [-0.39, 0.29) is 23.8 Å². The molecule has 3 heterocycles. The number of alkyl halides is 2. The summed E-state index contributed by atoms with van der Waals surface area (Å²) in [7, 11) is -1.31. The number of benzene rings is 1. The van der Waals surface area contributed by atoms with E-state index >= 15 is 0 Å². The monoisotopic (exact) mass is 525 g/mol. The Hall–Kier alpha value is -3.08. The van der Waals surface area contributed by atoms with E-state index in [1.807, 2.05) is 57.2 Å². The van der Waals surface area contributed by atoms with Crippen molar-refractivity contribution in [1.82, 2.24) is 24.5 Å². The second-order valence-electron chi connectivity index (χ2n) is 10.4. The summed E-state index contributed by atoms with van der Waals surface area (Å²) < 4.78 is 43.7. The predicted octanol–water partition coefficient (Wildman–Crippen LogP) is 5.28. The first-order chi connectivity index (χ1) is 17.6. The number of halogens is 2. The van der Waals surface area contributed by atoms with Gasteiger partial charge in [0.15, 0.2) is 5.82 Å². The minimum Gasteiger partial charge on any atom is -0.393 e. The quantitative estimate of drug-likeness (QED) is 0.342. The van der Waals surface area contributed by atoms with Crippen molar-refractivity contribution in [2.75, 3.05) is 0 Å². The summed E-state index contributed by atoms with van der Waals surface area (Å²) in [6.07, 6.45) is -0.0964. The molecule has 37 heavy (non-hydrogen) atoms. The van der Waals surface area contributed by atoms with Crippen molar-refractivity contribution >= 4 is 21.9 Å². The summed E-state index contributed by atoms with van der Waals surface area (Å²) in [5.74, 6) is 0.435. The Morgan fingerprint density at radius 3 is 2.49 bits per heavy atom. The molecule has 5 rings (SSSR count). The van der Waals surface area contributed by atoms with Crippen LogP contribution in [0.2, 0.25) is 0 Å². The standard InChI is InChI=1S/C27H29F2N5O2S/c1-27(2,3)37(36)33-25(18-12-19(35)13-18)21-7-4-6-20(31-21)16-10-11-17-15-30-34(23(17)14-16)24-9-5-8-22(32-24)26(28)29/h4-11,14-15,18-19,25-26,33,35H,12-13H2,1-3H3/t18?,19?,25-,37+/m0/s1. The molecule has 194 valence electrons. The van der Waals surface area contributed by atoms with Gasteiger partial charge in [-0.05, 0) is 69.9 Å². The highest BCUT2D eigenvalue weighted by Gasteiger charge is 2.37. The summed E-state index contributed by atoms with van der Waals surface area (Å²) >= 11 is 0. The summed E-state index contributed by atoms with van der Waals surface area (Å²) in [5.41, 5.74) is 2.71. The number of hydrogen-bond acceptors (Lipinski definition) is 5. The lowest BCUT2D eigenvalue weighted by molar-refractivity contribution is 0.0275. The van der Waals surface area contributed by atoms with Crippen molar-refractivity contribution in [1.29, 1.82) is 0 Å². The van der Waals surface area contributed by atoms with Gasteiger partial charge in [0.25, 0.3) is 6.43 Å². The normalized spacial score (nSPS) is 19.6. The SMILES string of the molecule is CC(C)(C)[S@@](=O)N[C@H](c1cccc(-c2ccc3cnn(-c4cccc(C(F)F)n4)c3c2)n1)C1CC(O)C1. The van der Waals surface area contributed by atoms with E-state index in [1.54, 1.807) is 16.9 Å². The number of nitrogens with one attached hydrogen (secondary N) is 1. The van der Waals surface area contributed by atoms with Gasteiger partial charge in [-0.3, -0.25) is 4.98 Å². The molecule has 10 heteroatoms. The molecule has 1 saturated carbocycles. The number of nitrogens with zero attached hydrogens (tertiary/aromatic N) is 4. The smallest absolute Gasteiger partial charge is 0.280 e. The van der Waals surface area contributed by atoms with Crippen LogP contribution in [0, 0.1) is 5.92 Å². The first-order valence-electron chi connectivity index (χ1n) is 12.2. The van der Waals surface area contributed by atoms with E-state index < -0.39 is 22.2 Å². The molecule has 1 fully saturated rings. The topological polar surface area (TPSA) is 92.9 Å². The van der Waals surface area contributed by atoms with Crippen LogP contribution in [-0.2, 0) is 11.0 Å². The van der Waals surface area contributed by atoms with Crippen molar-refractivity contribution in [2.24, 2.45) is 5.92 Å². The average Bonchev–Trinajstić information content (AvgIpc) is 3.28. The van der Waals surface area contributed by atoms with Crippen LogP contribution in [-0.4, -0.2) is 39.9 Å². The number of hydrogen-bond donors (Lipinski definition) is 2. The molecule has 0 bridgehead atoms. The number of aliphatic hydroxyl groups is 1. The maximum atomic E-state index is 13.2. The number of aromatic nitrogens is 4. The molecule has 0 spiro atoms. The lowest BCUT2D eigenvalue weighted by atomic mass is 9.76. The van der Waals surface area contributed by atoms with Crippen LogP contribution in [0.1, 0.15) is 57.5 Å². The molecule has 1 aliphatic rings. The lowest BCUT2D eigenvalue weighted by Gasteiger charge is -2.38. The third-order valence-corrected chi connectivity index (χ3v) is 8.14. The highest BCUT2D eigenvalue weighted by molar-refractivity contribution is 7.84. The zero-order valence-corrected chi connectivity index (χ0v) is 21.6. The molecule has 1 aliphatic carbocycles. The van der Waals surface area contributed by atoms with Crippen LogP contribution in [0.3, 0.4) is 0 Å². The van der Waals surface area contributed by atoms with Gasteiger partial charge in [0.2, 0.25) is 0 Å². The van der Waals surface area contributed by atoms with E-state index in [2.05, 4.69) is 14.8 Å². The highest BCUT2D eigenvalue weighted by Crippen LogP contribution is 2.39. The summed E-state index contributed by atoms with van der Waals surface area (Å²) in [4.78, 5) is 8.98. The molecular formula is C27H29F2N5O2S. The molecule has 0 aliphatic heterocycles. The number of fused-ring (bicyclic) bond motifs is 1. The summed E-state index contributed by atoms with van der Waals surface area (Å²) in [5, 5.41) is 15.1. The Morgan fingerprint density at radius 1 is 1.05 bits per heavy atom. The second-order valence-corrected chi connectivity index (χ2v) is 12.4. The largest absolute Gasteiger partial charge is 0.393 e. The molecule has 0 radical (unpaired) electrons. The third-order valence-electron chi connectivity index (χ3n) is 6.56. The van der Waals surface area contributed by atoms with Crippen LogP contribution < -0.4 is 4.72 Å². The molecule has 7 nitrogen and oxygen atoms in total. The molecule has 2 N–H and O–H groups in total. The molecule has 2 atom stereocenters. The van der Waals surface area contributed by atoms with Crippen molar-refractivity contribution in [3.63, 3.8) is 0 Å². The third kappa shape index (κ3) is 5.32. The highest BCUT2D eigenvalue weighted by atomic mass is 32.2. The fourth-order valence-corrected chi connectivity index (χ4v) is 5.31. The number of pyridine rings is 2. The van der Waals surface area contributed by atoms with E-state index in [0.29, 0.717) is 24.2 Å². The van der Waals surface area contributed by atoms with Gasteiger partial charge in [0.1, 0.15) is 5.69 Å². The lowest BCUT2D eigenvalue weighted by Crippen LogP contribution is -2.43. The van der Waals surface area contributed by atoms with Crippen molar-refractivity contribution in [3.8, 4) is 17.1 Å². The van der Waals surface area contributed by atoms with Crippen molar-refractivity contribution in [3.05, 3.63) is 72.2 Å².